The normalized spacial score (nSPS) is 10.6. The predicted molar refractivity (Wildman–Crippen MR) is 88.3 cm³/mol. The van der Waals surface area contributed by atoms with Crippen LogP contribution in [0.25, 0.3) is 9.88 Å². The van der Waals surface area contributed by atoms with E-state index in [4.69, 9.17) is 0 Å². The number of thiophene rings is 1. The second kappa shape index (κ2) is 6.35. The Labute approximate surface area is 135 Å². The Kier molecular flexibility index (Phi) is 4.28. The number of carbonyl (C=O) groups excluding carboxylic acids is 1. The second-order valence-electron chi connectivity index (χ2n) is 4.56. The molecule has 3 heterocycles. The highest BCUT2D eigenvalue weighted by Crippen LogP contribution is 2.31. The van der Waals surface area contributed by atoms with Gasteiger partial charge in [-0.05, 0) is 24.4 Å². The fourth-order valence-electron chi connectivity index (χ4n) is 1.97. The van der Waals surface area contributed by atoms with Crippen LogP contribution in [0.4, 0.5) is 5.69 Å². The number of aryl methyl sites for hydroxylation is 1. The summed E-state index contributed by atoms with van der Waals surface area (Å²) in [6.07, 6.45) is 3.11. The van der Waals surface area contributed by atoms with Gasteiger partial charge in [0.25, 0.3) is 5.91 Å². The number of hydrogen-bond acceptors (Lipinski definition) is 6. The first kappa shape index (κ1) is 14.8. The van der Waals surface area contributed by atoms with Gasteiger partial charge in [0.1, 0.15) is 9.88 Å². The third-order valence-corrected chi connectivity index (χ3v) is 5.26. The van der Waals surface area contributed by atoms with E-state index in [0.717, 1.165) is 9.88 Å². The van der Waals surface area contributed by atoms with Gasteiger partial charge >= 0.3 is 0 Å². The summed E-state index contributed by atoms with van der Waals surface area (Å²) < 4.78 is 0. The van der Waals surface area contributed by atoms with Crippen LogP contribution in [-0.2, 0) is 6.61 Å². The first-order valence-electron chi connectivity index (χ1n) is 6.55. The molecular formula is C15H13N3O2S2. The molecule has 0 atom stereocenters. The first-order valence-corrected chi connectivity index (χ1v) is 8.25. The lowest BCUT2D eigenvalue weighted by atomic mass is 10.2. The summed E-state index contributed by atoms with van der Waals surface area (Å²) in [4.78, 5) is 22.5. The van der Waals surface area contributed by atoms with Gasteiger partial charge in [-0.2, -0.15) is 0 Å². The van der Waals surface area contributed by atoms with Crippen LogP contribution in [0, 0.1) is 6.92 Å². The smallest absolute Gasteiger partial charge is 0.267 e. The number of rotatable bonds is 4. The van der Waals surface area contributed by atoms with Crippen molar-refractivity contribution in [3.8, 4) is 9.88 Å². The molecule has 0 spiro atoms. The molecule has 5 nitrogen and oxygen atoms in total. The molecule has 0 aliphatic carbocycles. The second-order valence-corrected chi connectivity index (χ2v) is 6.50. The maximum Gasteiger partial charge on any atom is 0.267 e. The molecule has 112 valence electrons. The summed E-state index contributed by atoms with van der Waals surface area (Å²) in [6.45, 7) is 1.67. The van der Waals surface area contributed by atoms with Crippen LogP contribution in [-0.4, -0.2) is 21.0 Å². The average molecular weight is 331 g/mol. The molecule has 3 rings (SSSR count). The van der Waals surface area contributed by atoms with E-state index in [2.05, 4.69) is 15.3 Å². The molecule has 1 amide bonds. The summed E-state index contributed by atoms with van der Waals surface area (Å²) in [5.41, 5.74) is 1.84. The van der Waals surface area contributed by atoms with Gasteiger partial charge in [-0.15, -0.1) is 22.7 Å². The Hall–Kier alpha value is -2.09. The molecule has 0 aliphatic heterocycles. The Balaban J connectivity index is 1.87. The Bertz CT molecular complexity index is 797. The minimum absolute atomic E-state index is 0.153. The van der Waals surface area contributed by atoms with Crippen molar-refractivity contribution in [2.45, 2.75) is 13.5 Å². The van der Waals surface area contributed by atoms with Crippen molar-refractivity contribution in [1.82, 2.24) is 9.97 Å². The van der Waals surface area contributed by atoms with Crippen molar-refractivity contribution < 1.29 is 9.90 Å². The molecule has 0 unspecified atom stereocenters. The lowest BCUT2D eigenvalue weighted by Crippen LogP contribution is -2.13. The van der Waals surface area contributed by atoms with E-state index in [1.807, 2.05) is 24.4 Å². The lowest BCUT2D eigenvalue weighted by Gasteiger charge is -2.07. The van der Waals surface area contributed by atoms with Crippen LogP contribution >= 0.6 is 22.7 Å². The van der Waals surface area contributed by atoms with Gasteiger partial charge in [0.05, 0.1) is 29.1 Å². The topological polar surface area (TPSA) is 75.1 Å². The van der Waals surface area contributed by atoms with E-state index < -0.39 is 0 Å². The quantitative estimate of drug-likeness (QED) is 0.769. The summed E-state index contributed by atoms with van der Waals surface area (Å²) in [7, 11) is 0. The molecule has 2 N–H and O–H groups in total. The van der Waals surface area contributed by atoms with E-state index in [9.17, 15) is 9.90 Å². The van der Waals surface area contributed by atoms with Crippen molar-refractivity contribution in [2.24, 2.45) is 0 Å². The maximum atomic E-state index is 12.4. The van der Waals surface area contributed by atoms with Crippen LogP contribution in [0.5, 0.6) is 0 Å². The number of aromatic nitrogens is 2. The molecule has 0 radical (unpaired) electrons. The van der Waals surface area contributed by atoms with Crippen LogP contribution < -0.4 is 5.32 Å². The van der Waals surface area contributed by atoms with Crippen LogP contribution in [0.3, 0.4) is 0 Å². The number of hydrogen-bond donors (Lipinski definition) is 2. The highest BCUT2D eigenvalue weighted by molar-refractivity contribution is 7.22. The Morgan fingerprint density at radius 1 is 1.41 bits per heavy atom. The van der Waals surface area contributed by atoms with E-state index in [-0.39, 0.29) is 12.5 Å². The Morgan fingerprint density at radius 2 is 2.27 bits per heavy atom. The first-order chi connectivity index (χ1) is 10.7. The summed E-state index contributed by atoms with van der Waals surface area (Å²) in [6, 6.07) is 5.61. The average Bonchev–Trinajstić information content (AvgIpc) is 3.17. The van der Waals surface area contributed by atoms with Gasteiger partial charge in [-0.1, -0.05) is 6.07 Å². The molecule has 0 aliphatic rings. The molecule has 22 heavy (non-hydrogen) atoms. The summed E-state index contributed by atoms with van der Waals surface area (Å²) in [5, 5.41) is 14.9. The minimum atomic E-state index is -0.236. The van der Waals surface area contributed by atoms with Crippen molar-refractivity contribution in [3.05, 3.63) is 52.1 Å². The third-order valence-electron chi connectivity index (χ3n) is 3.06. The number of nitrogens with zero attached hydrogens (tertiary/aromatic N) is 2. The fourth-order valence-corrected chi connectivity index (χ4v) is 3.72. The SMILES string of the molecule is Cc1nc(-c2cccs2)sc1C(=O)Nc1cnccc1CO. The number of pyridine rings is 1. The van der Waals surface area contributed by atoms with Crippen molar-refractivity contribution in [2.75, 3.05) is 5.32 Å². The molecule has 0 saturated carbocycles. The Morgan fingerprint density at radius 3 is 3.00 bits per heavy atom. The van der Waals surface area contributed by atoms with Crippen molar-refractivity contribution >= 4 is 34.3 Å². The highest BCUT2D eigenvalue weighted by atomic mass is 32.1. The third kappa shape index (κ3) is 2.92. The van der Waals surface area contributed by atoms with E-state index >= 15 is 0 Å². The molecule has 0 aromatic carbocycles. The van der Waals surface area contributed by atoms with E-state index in [1.54, 1.807) is 23.6 Å². The minimum Gasteiger partial charge on any atom is -0.392 e. The number of aliphatic hydroxyl groups excluding tert-OH is 1. The zero-order valence-corrected chi connectivity index (χ0v) is 13.4. The molecular weight excluding hydrogens is 318 g/mol. The number of amides is 1. The fraction of sp³-hybridized carbons (Fsp3) is 0.133. The number of anilines is 1. The molecule has 3 aromatic heterocycles. The number of carbonyl (C=O) groups is 1. The summed E-state index contributed by atoms with van der Waals surface area (Å²) in [5.74, 6) is -0.236. The zero-order valence-electron chi connectivity index (χ0n) is 11.7. The summed E-state index contributed by atoms with van der Waals surface area (Å²) >= 11 is 2.96. The van der Waals surface area contributed by atoms with Crippen molar-refractivity contribution in [3.63, 3.8) is 0 Å². The van der Waals surface area contributed by atoms with Crippen LogP contribution in [0.1, 0.15) is 20.9 Å². The molecule has 0 fully saturated rings. The van der Waals surface area contributed by atoms with Gasteiger partial charge in [0, 0.05) is 11.8 Å². The van der Waals surface area contributed by atoms with E-state index in [0.29, 0.717) is 21.8 Å². The maximum absolute atomic E-state index is 12.4. The highest BCUT2D eigenvalue weighted by Gasteiger charge is 2.17. The predicted octanol–water partition coefficient (Wildman–Crippen LogP) is 3.32. The molecule has 7 heteroatoms. The van der Waals surface area contributed by atoms with Gasteiger partial charge in [0.2, 0.25) is 0 Å². The number of thiazole rings is 1. The van der Waals surface area contributed by atoms with Gasteiger partial charge in [0.15, 0.2) is 0 Å². The van der Waals surface area contributed by atoms with Crippen LogP contribution in [0.2, 0.25) is 0 Å². The molecule has 0 bridgehead atoms. The number of nitrogens with one attached hydrogen (secondary N) is 1. The van der Waals surface area contributed by atoms with Crippen molar-refractivity contribution in [1.29, 1.82) is 0 Å². The number of aliphatic hydroxyl groups is 1. The zero-order chi connectivity index (χ0) is 15.5. The van der Waals surface area contributed by atoms with Crippen LogP contribution in [0.15, 0.2) is 36.0 Å². The molecule has 3 aromatic rings. The monoisotopic (exact) mass is 331 g/mol. The standard InChI is InChI=1S/C15H13N3O2S2/c1-9-13(22-15(17-9)12-3-2-6-21-12)14(20)18-11-7-16-5-4-10(11)8-19/h2-7,19H,8H2,1H3,(H,18,20). The van der Waals surface area contributed by atoms with Gasteiger partial charge in [-0.3, -0.25) is 9.78 Å². The van der Waals surface area contributed by atoms with E-state index in [1.165, 1.54) is 17.5 Å². The van der Waals surface area contributed by atoms with Gasteiger partial charge in [-0.25, -0.2) is 4.98 Å². The molecule has 0 saturated heterocycles. The largest absolute Gasteiger partial charge is 0.392 e. The lowest BCUT2D eigenvalue weighted by molar-refractivity contribution is 0.102. The van der Waals surface area contributed by atoms with Gasteiger partial charge < -0.3 is 10.4 Å².